The predicted octanol–water partition coefficient (Wildman–Crippen LogP) is 3.08. The molecule has 0 bridgehead atoms. The molecule has 174 valence electrons. The van der Waals surface area contributed by atoms with Crippen LogP contribution in [0.4, 0.5) is 17.5 Å². The van der Waals surface area contributed by atoms with Crippen molar-refractivity contribution in [2.75, 3.05) is 36.4 Å². The lowest BCUT2D eigenvalue weighted by molar-refractivity contribution is 0.101. The van der Waals surface area contributed by atoms with Gasteiger partial charge < -0.3 is 15.5 Å². The zero-order valence-electron chi connectivity index (χ0n) is 18.6. The second-order valence-corrected chi connectivity index (χ2v) is 8.46. The molecule has 0 atom stereocenters. The number of halogens is 1. The maximum Gasteiger partial charge on any atom is 0.263 e. The minimum atomic E-state index is -0.264. The molecule has 0 unspecified atom stereocenters. The van der Waals surface area contributed by atoms with Crippen molar-refractivity contribution >= 4 is 46.7 Å². The lowest BCUT2D eigenvalue weighted by Gasteiger charge is -2.29. The molecule has 33 heavy (non-hydrogen) atoms. The highest BCUT2D eigenvalue weighted by atomic mass is 35.5. The van der Waals surface area contributed by atoms with E-state index < -0.39 is 0 Å². The van der Waals surface area contributed by atoms with Crippen molar-refractivity contribution in [1.82, 2.24) is 24.8 Å². The molecule has 2 N–H and O–H groups in total. The van der Waals surface area contributed by atoms with Gasteiger partial charge in [0.25, 0.3) is 5.56 Å². The van der Waals surface area contributed by atoms with Gasteiger partial charge in [-0.25, -0.2) is 9.97 Å². The van der Waals surface area contributed by atoms with E-state index in [0.717, 1.165) is 57.5 Å². The quantitative estimate of drug-likeness (QED) is 0.549. The average Bonchev–Trinajstić information content (AvgIpc) is 3.34. The van der Waals surface area contributed by atoms with Gasteiger partial charge >= 0.3 is 0 Å². The largest absolute Gasteiger partial charge is 0.368 e. The fourth-order valence-corrected chi connectivity index (χ4v) is 4.62. The van der Waals surface area contributed by atoms with Gasteiger partial charge in [0.05, 0.1) is 17.4 Å². The van der Waals surface area contributed by atoms with E-state index in [9.17, 15) is 9.59 Å². The van der Waals surface area contributed by atoms with E-state index >= 15 is 0 Å². The Balaban J connectivity index is 0.00000259. The third kappa shape index (κ3) is 4.69. The van der Waals surface area contributed by atoms with Crippen molar-refractivity contribution in [3.05, 3.63) is 46.5 Å². The van der Waals surface area contributed by atoms with Crippen molar-refractivity contribution in [2.24, 2.45) is 0 Å². The molecule has 0 radical (unpaired) electrons. The normalized spacial score (nSPS) is 16.6. The zero-order chi connectivity index (χ0) is 22.1. The Morgan fingerprint density at radius 3 is 2.55 bits per heavy atom. The Morgan fingerprint density at radius 1 is 1.12 bits per heavy atom. The monoisotopic (exact) mass is 469 g/mol. The molecule has 0 aromatic carbocycles. The van der Waals surface area contributed by atoms with Crippen molar-refractivity contribution in [3.8, 4) is 0 Å². The van der Waals surface area contributed by atoms with Crippen molar-refractivity contribution in [2.45, 2.75) is 38.6 Å². The molecule has 10 heteroatoms. The lowest BCUT2D eigenvalue weighted by atomic mass is 10.1. The highest BCUT2D eigenvalue weighted by Crippen LogP contribution is 2.31. The topological polar surface area (TPSA) is 105 Å². The SMILES string of the molecule is CC(=O)c1cc2cnc(Nc3ccc(N4CCNCC4)cn3)nc2n(C2CCCC2)c1=O.Cl. The maximum absolute atomic E-state index is 13.1. The summed E-state index contributed by atoms with van der Waals surface area (Å²) in [5.41, 5.74) is 1.57. The van der Waals surface area contributed by atoms with Crippen LogP contribution in [0.5, 0.6) is 0 Å². The molecule has 5 rings (SSSR count). The first kappa shape index (κ1) is 23.1. The first-order valence-corrected chi connectivity index (χ1v) is 11.2. The van der Waals surface area contributed by atoms with Gasteiger partial charge in [-0.3, -0.25) is 14.2 Å². The van der Waals surface area contributed by atoms with Crippen LogP contribution in [-0.4, -0.2) is 51.5 Å². The number of nitrogens with zero attached hydrogens (tertiary/aromatic N) is 5. The number of nitrogens with one attached hydrogen (secondary N) is 2. The standard InChI is InChI=1S/C23H27N7O2.ClH/c1-15(31)19-12-16-13-26-23(28-21(16)30(22(19)32)17-4-2-3-5-17)27-20-7-6-18(14-25-20)29-10-8-24-9-11-29;/h6-7,12-14,17,24H,2-5,8-11H2,1H3,(H,25,26,27,28);1H. The number of hydrogen-bond acceptors (Lipinski definition) is 8. The highest BCUT2D eigenvalue weighted by molar-refractivity contribution is 5.96. The molecule has 3 aromatic heterocycles. The number of carbonyl (C=O) groups excluding carboxylic acids is 1. The van der Waals surface area contributed by atoms with Crippen molar-refractivity contribution in [1.29, 1.82) is 0 Å². The Labute approximate surface area is 198 Å². The Morgan fingerprint density at radius 2 is 1.88 bits per heavy atom. The summed E-state index contributed by atoms with van der Waals surface area (Å²) in [6, 6.07) is 5.61. The summed E-state index contributed by atoms with van der Waals surface area (Å²) in [7, 11) is 0. The summed E-state index contributed by atoms with van der Waals surface area (Å²) in [4.78, 5) is 41.0. The van der Waals surface area contributed by atoms with E-state index in [1.807, 2.05) is 18.3 Å². The molecule has 4 heterocycles. The third-order valence-electron chi connectivity index (χ3n) is 6.31. The van der Waals surface area contributed by atoms with Crippen LogP contribution in [0.2, 0.25) is 0 Å². The number of rotatable bonds is 5. The number of Topliss-reactive ketones (excluding diaryl/α,β-unsaturated/α-hetero) is 1. The van der Waals surface area contributed by atoms with Gasteiger partial charge in [0.15, 0.2) is 5.78 Å². The van der Waals surface area contributed by atoms with Crippen LogP contribution in [-0.2, 0) is 0 Å². The van der Waals surface area contributed by atoms with Crippen LogP contribution < -0.4 is 21.1 Å². The van der Waals surface area contributed by atoms with E-state index in [4.69, 9.17) is 0 Å². The number of aromatic nitrogens is 4. The Kier molecular flexibility index (Phi) is 6.90. The van der Waals surface area contributed by atoms with Crippen LogP contribution in [0.3, 0.4) is 0 Å². The molecule has 1 saturated heterocycles. The molecule has 1 saturated carbocycles. The number of fused-ring (bicyclic) bond motifs is 1. The smallest absolute Gasteiger partial charge is 0.263 e. The minimum absolute atomic E-state index is 0. The van der Waals surface area contributed by atoms with E-state index in [-0.39, 0.29) is 35.4 Å². The molecule has 0 spiro atoms. The van der Waals surface area contributed by atoms with Gasteiger partial charge in [-0.2, -0.15) is 4.98 Å². The van der Waals surface area contributed by atoms with Crippen LogP contribution in [0, 0.1) is 0 Å². The number of pyridine rings is 2. The van der Waals surface area contributed by atoms with Crippen LogP contribution >= 0.6 is 12.4 Å². The molecule has 2 aliphatic rings. The molecule has 3 aromatic rings. The molecule has 1 aliphatic carbocycles. The molecule has 9 nitrogen and oxygen atoms in total. The van der Waals surface area contributed by atoms with Gasteiger partial charge in [-0.05, 0) is 38.0 Å². The van der Waals surface area contributed by atoms with Crippen LogP contribution in [0.1, 0.15) is 49.0 Å². The zero-order valence-corrected chi connectivity index (χ0v) is 19.4. The second kappa shape index (κ2) is 9.84. The number of piperazine rings is 1. The van der Waals surface area contributed by atoms with Gasteiger partial charge in [0, 0.05) is 43.8 Å². The summed E-state index contributed by atoms with van der Waals surface area (Å²) in [6.45, 7) is 5.29. The fourth-order valence-electron chi connectivity index (χ4n) is 4.62. The second-order valence-electron chi connectivity index (χ2n) is 8.46. The molecule has 2 fully saturated rings. The number of ketones is 1. The Bertz CT molecular complexity index is 1200. The number of carbonyl (C=O) groups is 1. The van der Waals surface area contributed by atoms with E-state index in [0.29, 0.717) is 22.8 Å². The first-order chi connectivity index (χ1) is 15.6. The van der Waals surface area contributed by atoms with Gasteiger partial charge in [-0.15, -0.1) is 12.4 Å². The van der Waals surface area contributed by atoms with Crippen LogP contribution in [0.15, 0.2) is 35.4 Å². The summed E-state index contributed by atoms with van der Waals surface area (Å²) in [5.74, 6) is 0.777. The maximum atomic E-state index is 13.1. The lowest BCUT2D eigenvalue weighted by Crippen LogP contribution is -2.43. The summed E-state index contributed by atoms with van der Waals surface area (Å²) in [5, 5.41) is 7.19. The number of hydrogen-bond donors (Lipinski definition) is 2. The van der Waals surface area contributed by atoms with E-state index in [1.165, 1.54) is 6.92 Å². The highest BCUT2D eigenvalue weighted by Gasteiger charge is 2.23. The molecule has 1 aliphatic heterocycles. The van der Waals surface area contributed by atoms with Gasteiger partial charge in [0.2, 0.25) is 5.95 Å². The minimum Gasteiger partial charge on any atom is -0.368 e. The van der Waals surface area contributed by atoms with Gasteiger partial charge in [-0.1, -0.05) is 12.8 Å². The van der Waals surface area contributed by atoms with Crippen molar-refractivity contribution in [3.63, 3.8) is 0 Å². The molecule has 0 amide bonds. The van der Waals surface area contributed by atoms with E-state index in [1.54, 1.807) is 16.8 Å². The van der Waals surface area contributed by atoms with Crippen LogP contribution in [0.25, 0.3) is 11.0 Å². The average molecular weight is 470 g/mol. The third-order valence-corrected chi connectivity index (χ3v) is 6.31. The first-order valence-electron chi connectivity index (χ1n) is 11.2. The molecular weight excluding hydrogens is 442 g/mol. The summed E-state index contributed by atoms with van der Waals surface area (Å²) in [6.07, 6.45) is 7.49. The van der Waals surface area contributed by atoms with Gasteiger partial charge in [0.1, 0.15) is 11.5 Å². The number of anilines is 3. The van der Waals surface area contributed by atoms with E-state index in [2.05, 4.69) is 30.5 Å². The summed E-state index contributed by atoms with van der Waals surface area (Å²) < 4.78 is 1.70. The predicted molar refractivity (Wildman–Crippen MR) is 131 cm³/mol. The van der Waals surface area contributed by atoms with Crippen molar-refractivity contribution < 1.29 is 4.79 Å². The fraction of sp³-hybridized carbons (Fsp3) is 0.435. The summed E-state index contributed by atoms with van der Waals surface area (Å²) >= 11 is 0. The molecular formula is C23H28ClN7O2. The Hall–Kier alpha value is -3.04.